The van der Waals surface area contributed by atoms with Crippen LogP contribution in [-0.2, 0) is 6.54 Å². The van der Waals surface area contributed by atoms with Gasteiger partial charge in [0.25, 0.3) is 0 Å². The highest BCUT2D eigenvalue weighted by molar-refractivity contribution is 4.91. The van der Waals surface area contributed by atoms with Crippen LogP contribution in [0, 0.1) is 0 Å². The molecule has 1 heterocycles. The monoisotopic (exact) mass is 240 g/mol. The molecule has 2 N–H and O–H groups in total. The van der Waals surface area contributed by atoms with Crippen molar-refractivity contribution < 1.29 is 5.11 Å². The van der Waals surface area contributed by atoms with Crippen molar-refractivity contribution in [2.75, 3.05) is 6.61 Å². The maximum Gasteiger partial charge on any atom is 0.141 e. The molecule has 0 saturated heterocycles. The van der Waals surface area contributed by atoms with Crippen molar-refractivity contribution in [1.82, 2.24) is 20.1 Å². The molecule has 1 rings (SSSR count). The summed E-state index contributed by atoms with van der Waals surface area (Å²) in [4.78, 5) is 4.25. The van der Waals surface area contributed by atoms with Crippen LogP contribution in [0.3, 0.4) is 0 Å². The summed E-state index contributed by atoms with van der Waals surface area (Å²) < 4.78 is 1.90. The number of hydrogen-bond donors (Lipinski definition) is 2. The molecule has 1 aromatic heterocycles. The third-order valence-electron chi connectivity index (χ3n) is 3.41. The Morgan fingerprint density at radius 2 is 2.06 bits per heavy atom. The number of rotatable bonds is 7. The van der Waals surface area contributed by atoms with Crippen LogP contribution in [0.25, 0.3) is 0 Å². The molecule has 0 spiro atoms. The summed E-state index contributed by atoms with van der Waals surface area (Å²) in [5.74, 6) is 0.916. The minimum atomic E-state index is -0.201. The van der Waals surface area contributed by atoms with Crippen LogP contribution >= 0.6 is 0 Å². The van der Waals surface area contributed by atoms with Crippen molar-refractivity contribution in [3.63, 3.8) is 0 Å². The second-order valence-corrected chi connectivity index (χ2v) is 4.71. The fourth-order valence-electron chi connectivity index (χ4n) is 1.88. The lowest BCUT2D eigenvalue weighted by molar-refractivity contribution is 0.148. The molecule has 5 heteroatoms. The molecule has 0 radical (unpaired) electrons. The minimum absolute atomic E-state index is 0.149. The zero-order chi connectivity index (χ0) is 12.9. The number of aliphatic hydroxyl groups is 1. The Balaban J connectivity index is 2.69. The molecular formula is C12H24N4O. The minimum Gasteiger partial charge on any atom is -0.394 e. The third-order valence-corrected chi connectivity index (χ3v) is 3.41. The lowest BCUT2D eigenvalue weighted by atomic mass is 9.94. The van der Waals surface area contributed by atoms with E-state index in [0.29, 0.717) is 12.6 Å². The van der Waals surface area contributed by atoms with Gasteiger partial charge in [0, 0.05) is 11.6 Å². The summed E-state index contributed by atoms with van der Waals surface area (Å²) in [6.45, 7) is 9.12. The van der Waals surface area contributed by atoms with Gasteiger partial charge in [0.2, 0.25) is 0 Å². The second kappa shape index (κ2) is 6.12. The highest BCUT2D eigenvalue weighted by atomic mass is 16.3. The Morgan fingerprint density at radius 1 is 1.41 bits per heavy atom. The van der Waals surface area contributed by atoms with E-state index < -0.39 is 0 Å². The molecule has 0 aliphatic heterocycles. The lowest BCUT2D eigenvalue weighted by Crippen LogP contribution is -2.47. The maximum absolute atomic E-state index is 9.48. The smallest absolute Gasteiger partial charge is 0.141 e. The molecule has 17 heavy (non-hydrogen) atoms. The summed E-state index contributed by atoms with van der Waals surface area (Å²) in [5.41, 5.74) is -0.201. The average molecular weight is 240 g/mol. The van der Waals surface area contributed by atoms with Crippen LogP contribution in [0.2, 0.25) is 0 Å². The van der Waals surface area contributed by atoms with Gasteiger partial charge in [0.15, 0.2) is 0 Å². The fraction of sp³-hybridized carbons (Fsp3) is 0.833. The highest BCUT2D eigenvalue weighted by Crippen LogP contribution is 2.15. The standard InChI is InChI=1S/C12H24N4O/c1-5-12(6-2,8-17)14-7-11-13-9-15-16(11)10(3)4/h9-10,14,17H,5-8H2,1-4H3. The normalized spacial score (nSPS) is 12.4. The van der Waals surface area contributed by atoms with Crippen LogP contribution in [0.4, 0.5) is 0 Å². The first-order valence-electron chi connectivity index (χ1n) is 6.32. The predicted octanol–water partition coefficient (Wildman–Crippen LogP) is 1.50. The second-order valence-electron chi connectivity index (χ2n) is 4.71. The van der Waals surface area contributed by atoms with Crippen molar-refractivity contribution in [2.45, 2.75) is 58.7 Å². The van der Waals surface area contributed by atoms with Gasteiger partial charge in [-0.25, -0.2) is 9.67 Å². The fourth-order valence-corrected chi connectivity index (χ4v) is 1.88. The molecule has 98 valence electrons. The number of nitrogens with one attached hydrogen (secondary N) is 1. The van der Waals surface area contributed by atoms with Gasteiger partial charge < -0.3 is 10.4 Å². The van der Waals surface area contributed by atoms with Crippen molar-refractivity contribution >= 4 is 0 Å². The van der Waals surface area contributed by atoms with E-state index in [-0.39, 0.29) is 12.1 Å². The van der Waals surface area contributed by atoms with Crippen LogP contribution in [0.1, 0.15) is 52.4 Å². The first-order chi connectivity index (χ1) is 8.08. The van der Waals surface area contributed by atoms with E-state index in [9.17, 15) is 5.11 Å². The summed E-state index contributed by atoms with van der Waals surface area (Å²) in [5, 5.41) is 17.1. The molecule has 0 unspecified atom stereocenters. The number of hydrogen-bond acceptors (Lipinski definition) is 4. The van der Waals surface area contributed by atoms with Gasteiger partial charge in [-0.05, 0) is 26.7 Å². The molecule has 0 saturated carbocycles. The van der Waals surface area contributed by atoms with E-state index in [2.05, 4.69) is 43.1 Å². The summed E-state index contributed by atoms with van der Waals surface area (Å²) in [7, 11) is 0. The molecule has 1 aromatic rings. The summed E-state index contributed by atoms with van der Waals surface area (Å²) >= 11 is 0. The zero-order valence-electron chi connectivity index (χ0n) is 11.3. The van der Waals surface area contributed by atoms with Gasteiger partial charge in [-0.3, -0.25) is 0 Å². The molecule has 0 aliphatic rings. The Labute approximate surface area is 103 Å². The van der Waals surface area contributed by atoms with Gasteiger partial charge in [-0.1, -0.05) is 13.8 Å². The molecular weight excluding hydrogens is 216 g/mol. The van der Waals surface area contributed by atoms with Crippen LogP contribution in [0.5, 0.6) is 0 Å². The molecule has 0 aromatic carbocycles. The van der Waals surface area contributed by atoms with Crippen LogP contribution < -0.4 is 5.32 Å². The van der Waals surface area contributed by atoms with E-state index in [1.165, 1.54) is 0 Å². The molecule has 0 amide bonds. The average Bonchev–Trinajstić information content (AvgIpc) is 2.80. The predicted molar refractivity (Wildman–Crippen MR) is 67.6 cm³/mol. The van der Waals surface area contributed by atoms with E-state index in [1.807, 2.05) is 4.68 Å². The van der Waals surface area contributed by atoms with Crippen molar-refractivity contribution in [2.24, 2.45) is 0 Å². The van der Waals surface area contributed by atoms with Gasteiger partial charge >= 0.3 is 0 Å². The Hall–Kier alpha value is -0.940. The quantitative estimate of drug-likeness (QED) is 0.758. The number of nitrogens with zero attached hydrogens (tertiary/aromatic N) is 3. The first-order valence-corrected chi connectivity index (χ1v) is 6.32. The lowest BCUT2D eigenvalue weighted by Gasteiger charge is -2.30. The molecule has 0 aliphatic carbocycles. The number of aromatic nitrogens is 3. The van der Waals surface area contributed by atoms with E-state index in [4.69, 9.17) is 0 Å². The Kier molecular flexibility index (Phi) is 5.08. The Bertz CT molecular complexity index is 323. The topological polar surface area (TPSA) is 63.0 Å². The zero-order valence-corrected chi connectivity index (χ0v) is 11.3. The van der Waals surface area contributed by atoms with Crippen LogP contribution in [0.15, 0.2) is 6.33 Å². The van der Waals surface area contributed by atoms with Crippen LogP contribution in [-0.4, -0.2) is 32.0 Å². The number of aliphatic hydroxyl groups excluding tert-OH is 1. The summed E-state index contributed by atoms with van der Waals surface area (Å²) in [6, 6.07) is 0.307. The molecule has 0 fully saturated rings. The van der Waals surface area contributed by atoms with Crippen molar-refractivity contribution in [3.05, 3.63) is 12.2 Å². The largest absolute Gasteiger partial charge is 0.394 e. The molecule has 5 nitrogen and oxygen atoms in total. The van der Waals surface area contributed by atoms with Gasteiger partial charge in [0.05, 0.1) is 13.2 Å². The van der Waals surface area contributed by atoms with Gasteiger partial charge in [-0.15, -0.1) is 0 Å². The van der Waals surface area contributed by atoms with E-state index in [0.717, 1.165) is 18.7 Å². The van der Waals surface area contributed by atoms with Gasteiger partial charge in [-0.2, -0.15) is 5.10 Å². The van der Waals surface area contributed by atoms with Crippen molar-refractivity contribution in [1.29, 1.82) is 0 Å². The maximum atomic E-state index is 9.48. The molecule has 0 atom stereocenters. The van der Waals surface area contributed by atoms with E-state index >= 15 is 0 Å². The van der Waals surface area contributed by atoms with E-state index in [1.54, 1.807) is 6.33 Å². The summed E-state index contributed by atoms with van der Waals surface area (Å²) in [6.07, 6.45) is 3.38. The first kappa shape index (κ1) is 14.1. The van der Waals surface area contributed by atoms with Crippen molar-refractivity contribution in [3.8, 4) is 0 Å². The highest BCUT2D eigenvalue weighted by Gasteiger charge is 2.25. The molecule has 0 bridgehead atoms. The van der Waals surface area contributed by atoms with Gasteiger partial charge in [0.1, 0.15) is 12.2 Å². The third kappa shape index (κ3) is 3.26. The Morgan fingerprint density at radius 3 is 2.53 bits per heavy atom. The SMILES string of the molecule is CCC(CC)(CO)NCc1ncnn1C(C)C.